The van der Waals surface area contributed by atoms with E-state index in [1.165, 1.54) is 7.11 Å². The van der Waals surface area contributed by atoms with Gasteiger partial charge >= 0.3 is 5.97 Å². The van der Waals surface area contributed by atoms with Gasteiger partial charge in [0.15, 0.2) is 0 Å². The summed E-state index contributed by atoms with van der Waals surface area (Å²) in [5.74, 6) is 0.644. The lowest BCUT2D eigenvalue weighted by Crippen LogP contribution is -2.00. The average molecular weight is 278 g/mol. The first-order valence-corrected chi connectivity index (χ1v) is 5.89. The van der Waals surface area contributed by atoms with Gasteiger partial charge in [0.1, 0.15) is 11.5 Å². The van der Waals surface area contributed by atoms with Gasteiger partial charge in [0.2, 0.25) is 0 Å². The monoisotopic (exact) mass is 277 g/mol. The lowest BCUT2D eigenvalue weighted by Gasteiger charge is -2.08. The van der Waals surface area contributed by atoms with E-state index in [1.807, 2.05) is 0 Å². The Morgan fingerprint density at radius 3 is 2.58 bits per heavy atom. The first-order valence-electron chi connectivity index (χ1n) is 5.51. The Labute approximate surface area is 115 Å². The topological polar surface area (TPSA) is 61.5 Å². The van der Waals surface area contributed by atoms with E-state index >= 15 is 0 Å². The number of rotatable bonds is 3. The van der Waals surface area contributed by atoms with Crippen LogP contribution in [-0.4, -0.2) is 13.1 Å². The minimum atomic E-state index is -0.416. The number of carbonyl (C=O) groups is 1. The van der Waals surface area contributed by atoms with E-state index in [0.717, 1.165) is 0 Å². The zero-order valence-corrected chi connectivity index (χ0v) is 11.0. The summed E-state index contributed by atoms with van der Waals surface area (Å²) < 4.78 is 10.2. The van der Waals surface area contributed by atoms with Crippen molar-refractivity contribution in [3.05, 3.63) is 53.1 Å². The maximum atomic E-state index is 11.4. The van der Waals surface area contributed by atoms with E-state index < -0.39 is 5.97 Å². The molecular formula is C14H12ClNO3. The van der Waals surface area contributed by atoms with Gasteiger partial charge in [-0.3, -0.25) is 0 Å². The van der Waals surface area contributed by atoms with Crippen LogP contribution in [0.4, 0.5) is 5.69 Å². The lowest BCUT2D eigenvalue weighted by molar-refractivity contribution is 0.0600. The van der Waals surface area contributed by atoms with E-state index in [4.69, 9.17) is 22.1 Å². The van der Waals surface area contributed by atoms with Crippen LogP contribution in [0.25, 0.3) is 0 Å². The molecule has 0 aromatic heterocycles. The molecule has 0 aliphatic heterocycles. The normalized spacial score (nSPS) is 10.0. The fraction of sp³-hybridized carbons (Fsp3) is 0.0714. The summed E-state index contributed by atoms with van der Waals surface area (Å²) in [6, 6.07) is 11.7. The van der Waals surface area contributed by atoms with Crippen molar-refractivity contribution in [2.24, 2.45) is 0 Å². The Balaban J connectivity index is 2.23. The van der Waals surface area contributed by atoms with Gasteiger partial charge in [-0.25, -0.2) is 4.79 Å². The highest BCUT2D eigenvalue weighted by molar-refractivity contribution is 6.33. The number of carbonyl (C=O) groups excluding carboxylic acids is 1. The minimum absolute atomic E-state index is 0.416. The number of hydrogen-bond donors (Lipinski definition) is 1. The van der Waals surface area contributed by atoms with Crippen LogP contribution in [0, 0.1) is 0 Å². The van der Waals surface area contributed by atoms with Gasteiger partial charge in [0, 0.05) is 6.07 Å². The number of nitrogen functional groups attached to an aromatic ring is 1. The Morgan fingerprint density at radius 2 is 1.89 bits per heavy atom. The Hall–Kier alpha value is -2.20. The highest BCUT2D eigenvalue weighted by Gasteiger charge is 2.07. The number of anilines is 1. The third-order valence-electron chi connectivity index (χ3n) is 2.46. The van der Waals surface area contributed by atoms with Crippen molar-refractivity contribution in [3.8, 4) is 11.5 Å². The van der Waals surface area contributed by atoms with Crippen molar-refractivity contribution in [1.82, 2.24) is 0 Å². The van der Waals surface area contributed by atoms with E-state index in [0.29, 0.717) is 27.8 Å². The fourth-order valence-electron chi connectivity index (χ4n) is 1.51. The summed E-state index contributed by atoms with van der Waals surface area (Å²) in [5.41, 5.74) is 6.52. The zero-order chi connectivity index (χ0) is 13.8. The molecule has 0 saturated heterocycles. The number of esters is 1. The molecule has 2 rings (SSSR count). The molecule has 98 valence electrons. The third kappa shape index (κ3) is 3.17. The quantitative estimate of drug-likeness (QED) is 0.689. The number of methoxy groups -OCH3 is 1. The number of halogens is 1. The van der Waals surface area contributed by atoms with Crippen LogP contribution < -0.4 is 10.5 Å². The average Bonchev–Trinajstić information content (AvgIpc) is 2.42. The van der Waals surface area contributed by atoms with Crippen molar-refractivity contribution >= 4 is 23.3 Å². The molecule has 0 atom stereocenters. The molecule has 19 heavy (non-hydrogen) atoms. The Bertz CT molecular complexity index is 613. The number of hydrogen-bond acceptors (Lipinski definition) is 4. The number of nitrogens with two attached hydrogens (primary N) is 1. The van der Waals surface area contributed by atoms with Crippen LogP contribution in [0.15, 0.2) is 42.5 Å². The second-order valence-corrected chi connectivity index (χ2v) is 4.21. The van der Waals surface area contributed by atoms with Crippen LogP contribution in [-0.2, 0) is 4.74 Å². The van der Waals surface area contributed by atoms with E-state index in [1.54, 1.807) is 42.5 Å². The van der Waals surface area contributed by atoms with Crippen molar-refractivity contribution in [1.29, 1.82) is 0 Å². The van der Waals surface area contributed by atoms with Gasteiger partial charge < -0.3 is 15.2 Å². The van der Waals surface area contributed by atoms with Crippen LogP contribution >= 0.6 is 11.6 Å². The molecule has 0 radical (unpaired) electrons. The van der Waals surface area contributed by atoms with Gasteiger partial charge in [-0.05, 0) is 30.3 Å². The number of benzene rings is 2. The molecule has 0 aliphatic rings. The second kappa shape index (κ2) is 5.63. The molecule has 2 aromatic rings. The molecule has 0 bridgehead atoms. The summed E-state index contributed by atoms with van der Waals surface area (Å²) in [5, 5.41) is 0.418. The molecule has 0 unspecified atom stereocenters. The molecule has 0 saturated carbocycles. The van der Waals surface area contributed by atoms with E-state index in [-0.39, 0.29) is 0 Å². The summed E-state index contributed by atoms with van der Waals surface area (Å²) in [6.07, 6.45) is 0. The summed E-state index contributed by atoms with van der Waals surface area (Å²) >= 11 is 5.91. The molecule has 0 aliphatic carbocycles. The lowest BCUT2D eigenvalue weighted by atomic mass is 10.2. The molecule has 0 fully saturated rings. The zero-order valence-electron chi connectivity index (χ0n) is 10.2. The van der Waals surface area contributed by atoms with Gasteiger partial charge in [-0.15, -0.1) is 0 Å². The maximum absolute atomic E-state index is 11.4. The molecule has 2 aromatic carbocycles. The van der Waals surface area contributed by atoms with Crippen molar-refractivity contribution < 1.29 is 14.3 Å². The first-order chi connectivity index (χ1) is 9.10. The summed E-state index contributed by atoms with van der Waals surface area (Å²) in [6.45, 7) is 0. The SMILES string of the molecule is COC(=O)c1cccc(Oc2ccc(N)c(Cl)c2)c1. The van der Waals surface area contributed by atoms with Gasteiger partial charge in [0.25, 0.3) is 0 Å². The maximum Gasteiger partial charge on any atom is 0.337 e. The Morgan fingerprint density at radius 1 is 1.16 bits per heavy atom. The summed E-state index contributed by atoms with van der Waals surface area (Å²) in [4.78, 5) is 11.4. The molecule has 5 heteroatoms. The van der Waals surface area contributed by atoms with Crippen molar-refractivity contribution in [3.63, 3.8) is 0 Å². The molecule has 4 nitrogen and oxygen atoms in total. The van der Waals surface area contributed by atoms with Crippen LogP contribution in [0.2, 0.25) is 5.02 Å². The highest BCUT2D eigenvalue weighted by Crippen LogP contribution is 2.28. The van der Waals surface area contributed by atoms with Crippen LogP contribution in [0.1, 0.15) is 10.4 Å². The van der Waals surface area contributed by atoms with Gasteiger partial charge in [-0.2, -0.15) is 0 Å². The third-order valence-corrected chi connectivity index (χ3v) is 2.79. The Kier molecular flexibility index (Phi) is 3.92. The van der Waals surface area contributed by atoms with E-state index in [9.17, 15) is 4.79 Å². The fourth-order valence-corrected chi connectivity index (χ4v) is 1.68. The molecular weight excluding hydrogens is 266 g/mol. The minimum Gasteiger partial charge on any atom is -0.465 e. The second-order valence-electron chi connectivity index (χ2n) is 3.80. The number of ether oxygens (including phenoxy) is 2. The molecule has 0 heterocycles. The van der Waals surface area contributed by atoms with Gasteiger partial charge in [-0.1, -0.05) is 17.7 Å². The predicted octanol–water partition coefficient (Wildman–Crippen LogP) is 3.50. The molecule has 2 N–H and O–H groups in total. The van der Waals surface area contributed by atoms with E-state index in [2.05, 4.69) is 4.74 Å². The van der Waals surface area contributed by atoms with Crippen molar-refractivity contribution in [2.45, 2.75) is 0 Å². The van der Waals surface area contributed by atoms with Crippen LogP contribution in [0.3, 0.4) is 0 Å². The predicted molar refractivity (Wildman–Crippen MR) is 73.7 cm³/mol. The highest BCUT2D eigenvalue weighted by atomic mass is 35.5. The standard InChI is InChI=1S/C14H12ClNO3/c1-18-14(17)9-3-2-4-10(7-9)19-11-5-6-13(16)12(15)8-11/h2-8H,16H2,1H3. The first kappa shape index (κ1) is 13.2. The van der Waals surface area contributed by atoms with Crippen LogP contribution in [0.5, 0.6) is 11.5 Å². The summed E-state index contributed by atoms with van der Waals surface area (Å²) in [7, 11) is 1.33. The molecule has 0 amide bonds. The largest absolute Gasteiger partial charge is 0.465 e. The smallest absolute Gasteiger partial charge is 0.337 e. The van der Waals surface area contributed by atoms with Crippen molar-refractivity contribution in [2.75, 3.05) is 12.8 Å². The van der Waals surface area contributed by atoms with Gasteiger partial charge in [0.05, 0.1) is 23.4 Å². The molecule has 0 spiro atoms.